The Morgan fingerprint density at radius 2 is 1.54 bits per heavy atom. The predicted molar refractivity (Wildman–Crippen MR) is 263 cm³/mol. The topological polar surface area (TPSA) is 203 Å². The molecule has 0 spiro atoms. The molecule has 2 heterocycles. The molecule has 4 fully saturated rings. The Kier molecular flexibility index (Phi) is 17.9. The molecule has 2 amide bonds. The number of likely N-dealkylation sites (N-methyl/N-ethyl adjacent to an activating group) is 1. The summed E-state index contributed by atoms with van der Waals surface area (Å²) in [6.07, 6.45) is 9.97. The predicted octanol–water partition coefficient (Wildman–Crippen LogP) is 8.78. The third kappa shape index (κ3) is 12.1. The maximum atomic E-state index is 14.7. The summed E-state index contributed by atoms with van der Waals surface area (Å²) in [7, 11) is 0.918. The van der Waals surface area contributed by atoms with E-state index < -0.39 is 54.2 Å². The number of hydrogen-bond acceptors (Lipinski definition) is 11. The summed E-state index contributed by atoms with van der Waals surface area (Å²) in [5.41, 5.74) is 6.95. The van der Waals surface area contributed by atoms with Crippen LogP contribution in [0.25, 0.3) is 11.1 Å². The number of aromatic hydroxyl groups is 2. The number of carbonyl (C=O) groups is 6. The number of rotatable bonds is 22. The van der Waals surface area contributed by atoms with Crippen LogP contribution in [0.3, 0.4) is 0 Å². The summed E-state index contributed by atoms with van der Waals surface area (Å²) < 4.78 is 13.2. The van der Waals surface area contributed by atoms with Crippen LogP contribution in [0.2, 0.25) is 5.82 Å². The van der Waals surface area contributed by atoms with Crippen molar-refractivity contribution in [2.24, 2.45) is 34.8 Å². The minimum atomic E-state index is -1.24. The van der Waals surface area contributed by atoms with Gasteiger partial charge in [0.05, 0.1) is 17.7 Å². The van der Waals surface area contributed by atoms with Crippen molar-refractivity contribution < 1.29 is 48.3 Å². The summed E-state index contributed by atoms with van der Waals surface area (Å²) in [5, 5.41) is 25.5. The Bertz CT molecular complexity index is 2160. The van der Waals surface area contributed by atoms with Crippen LogP contribution in [0, 0.1) is 29.1 Å². The highest BCUT2D eigenvalue weighted by Crippen LogP contribution is 2.66. The number of unbranched alkanes of at least 4 members (excludes halogenated alkanes) is 5. The number of hydrogen-bond donors (Lipinski definition) is 4. The van der Waals surface area contributed by atoms with E-state index >= 15 is 0 Å². The number of nitrogens with one attached hydrogen (secondary N) is 1. The number of carbonyl (C=O) groups excluding carboxylic acids is 6. The van der Waals surface area contributed by atoms with Gasteiger partial charge in [-0.1, -0.05) is 78.9 Å². The zero-order valence-electron chi connectivity index (χ0n) is 41.8. The van der Waals surface area contributed by atoms with Crippen molar-refractivity contribution in [3.8, 4) is 22.6 Å². The van der Waals surface area contributed by atoms with Crippen molar-refractivity contribution in [1.82, 2.24) is 10.2 Å². The zero-order valence-corrected chi connectivity index (χ0v) is 41.8. The van der Waals surface area contributed by atoms with Gasteiger partial charge in [0.15, 0.2) is 11.6 Å². The molecular formula is C54H78BN3O10. The third-order valence-corrected chi connectivity index (χ3v) is 16.1. The highest BCUT2D eigenvalue weighted by Gasteiger charge is 2.68. The molecule has 3 saturated carbocycles. The Hall–Kier alpha value is -4.40. The maximum Gasteiger partial charge on any atom is 0.461 e. The number of nitrogens with zero attached hydrogens (tertiary/aromatic N) is 1. The molecule has 1 unspecified atom stereocenters. The van der Waals surface area contributed by atoms with Crippen LogP contribution in [-0.4, -0.2) is 88.5 Å². The molecule has 7 rings (SSSR count). The number of benzene rings is 2. The van der Waals surface area contributed by atoms with Gasteiger partial charge in [0.25, 0.3) is 0 Å². The molecule has 68 heavy (non-hydrogen) atoms. The van der Waals surface area contributed by atoms with E-state index in [1.165, 1.54) is 24.1 Å². The molecular weight excluding hydrogens is 861 g/mol. The Morgan fingerprint density at radius 3 is 2.25 bits per heavy atom. The quantitative estimate of drug-likeness (QED) is 0.0649. The molecule has 9 atom stereocenters. The first-order chi connectivity index (χ1) is 32.3. The first kappa shape index (κ1) is 53.0. The Balaban J connectivity index is 1.21. The zero-order chi connectivity index (χ0) is 49.5. The van der Waals surface area contributed by atoms with E-state index in [4.69, 9.17) is 15.0 Å². The smallest absolute Gasteiger partial charge is 0.461 e. The number of Topliss-reactive ketones (excluding diaryl/α,β-unsaturated/α-hetero) is 4. The summed E-state index contributed by atoms with van der Waals surface area (Å²) >= 11 is 0. The van der Waals surface area contributed by atoms with Crippen LogP contribution in [0.5, 0.6) is 11.5 Å². The summed E-state index contributed by atoms with van der Waals surface area (Å²) in [4.78, 5) is 85.1. The second kappa shape index (κ2) is 23.0. The van der Waals surface area contributed by atoms with Crippen molar-refractivity contribution in [3.63, 3.8) is 0 Å². The number of amides is 2. The van der Waals surface area contributed by atoms with E-state index in [1.807, 2.05) is 6.92 Å². The van der Waals surface area contributed by atoms with E-state index in [1.54, 1.807) is 31.2 Å². The van der Waals surface area contributed by atoms with Crippen LogP contribution < -0.4 is 11.1 Å². The van der Waals surface area contributed by atoms with Gasteiger partial charge in [-0.15, -0.1) is 0 Å². The molecule has 0 aromatic heterocycles. The molecule has 2 aromatic carbocycles. The van der Waals surface area contributed by atoms with Gasteiger partial charge in [0, 0.05) is 68.5 Å². The minimum Gasteiger partial charge on any atom is -0.507 e. The molecule has 1 saturated heterocycles. The lowest BCUT2D eigenvalue weighted by Crippen LogP contribution is -2.65. The van der Waals surface area contributed by atoms with Gasteiger partial charge >= 0.3 is 7.12 Å². The first-order valence-electron chi connectivity index (χ1n) is 25.6. The van der Waals surface area contributed by atoms with E-state index in [0.717, 1.165) is 44.9 Å². The second-order valence-electron chi connectivity index (χ2n) is 21.6. The van der Waals surface area contributed by atoms with Crippen LogP contribution in [-0.2, 0) is 44.5 Å². The van der Waals surface area contributed by atoms with Gasteiger partial charge < -0.3 is 35.5 Å². The molecule has 0 radical (unpaired) electrons. The largest absolute Gasteiger partial charge is 0.507 e. The second-order valence-corrected chi connectivity index (χ2v) is 21.6. The standard InChI is InChI=1S/C54H78BN3O10/c1-8-9-10-11-12-17-39(59)18-15-19-40(60)29-37(16-13-14-24-56)52(66)58(7)50-36-21-23-45(62)42(30-36)41-27-35(20-22-44(41)61)28-43(57-51(65)33(2)25-47(50)64)46(63)26-34(3)55-67-49-32-38-31-48(53(38,4)5)54(49,6)68-55/h20-23,27,30,33-34,37-38,43,48-50,61-62H,8-19,24-26,28-29,31-32,56H2,1-7H3,(H,57,65)/t33-,34?,37-,38+,43+,48+,49-,50+,54+/m1/s1. The lowest BCUT2D eigenvalue weighted by atomic mass is 9.43. The SMILES string of the molecule is CCCCCCCC(=O)CCCC(=O)C[C@@H](CCCCN)C(=O)N(C)[C@@H]1C(=O)C[C@@H](C)C(=O)N[C@H](C(=O)CC(C)B2O[C@@H]3C[C@@H]4C[C@@H](C4(C)C)[C@]3(C)O2)Cc2ccc(O)c(c2)-c2cc1ccc2O. The minimum absolute atomic E-state index is 0.0512. The molecule has 372 valence electrons. The summed E-state index contributed by atoms with van der Waals surface area (Å²) in [6, 6.07) is 7.09. The highest BCUT2D eigenvalue weighted by atomic mass is 16.7. The molecule has 2 aliphatic heterocycles. The van der Waals surface area contributed by atoms with Crippen molar-refractivity contribution >= 4 is 42.1 Å². The van der Waals surface area contributed by atoms with Crippen molar-refractivity contribution in [3.05, 3.63) is 47.5 Å². The van der Waals surface area contributed by atoms with Crippen LogP contribution >= 0.6 is 0 Å². The molecule has 3 aliphatic carbocycles. The fourth-order valence-corrected chi connectivity index (χ4v) is 11.7. The summed E-state index contributed by atoms with van der Waals surface area (Å²) in [5.74, 6) is -3.05. The molecule has 14 heteroatoms. The van der Waals surface area contributed by atoms with Crippen LogP contribution in [0.15, 0.2) is 36.4 Å². The molecule has 6 bridgehead atoms. The number of fused-ring (bicyclic) bond motifs is 5. The highest BCUT2D eigenvalue weighted by molar-refractivity contribution is 6.47. The molecule has 5 N–H and O–H groups in total. The lowest BCUT2D eigenvalue weighted by Gasteiger charge is -2.64. The van der Waals surface area contributed by atoms with Crippen molar-refractivity contribution in [2.75, 3.05) is 13.6 Å². The van der Waals surface area contributed by atoms with Gasteiger partial charge in [-0.2, -0.15) is 0 Å². The molecule has 5 aliphatic rings. The normalized spacial score (nSPS) is 26.1. The number of ketones is 4. The van der Waals surface area contributed by atoms with Gasteiger partial charge in [-0.3, -0.25) is 28.8 Å². The third-order valence-electron chi connectivity index (χ3n) is 16.1. The molecule has 13 nitrogen and oxygen atoms in total. The fourth-order valence-electron chi connectivity index (χ4n) is 11.7. The first-order valence-corrected chi connectivity index (χ1v) is 25.6. The van der Waals surface area contributed by atoms with E-state index in [2.05, 4.69) is 33.0 Å². The fraction of sp³-hybridized carbons (Fsp3) is 0.667. The van der Waals surface area contributed by atoms with E-state index in [0.29, 0.717) is 68.0 Å². The van der Waals surface area contributed by atoms with Crippen LogP contribution in [0.1, 0.15) is 168 Å². The number of phenolic OH excluding ortho intramolecular Hbond substituents is 2. The van der Waals surface area contributed by atoms with E-state index in [9.17, 15) is 39.0 Å². The number of phenols is 2. The van der Waals surface area contributed by atoms with E-state index in [-0.39, 0.29) is 89.4 Å². The van der Waals surface area contributed by atoms with Gasteiger partial charge in [-0.25, -0.2) is 0 Å². The van der Waals surface area contributed by atoms with Gasteiger partial charge in [-0.05, 0) is 117 Å². The van der Waals surface area contributed by atoms with Gasteiger partial charge in [0.2, 0.25) is 11.8 Å². The summed E-state index contributed by atoms with van der Waals surface area (Å²) in [6.45, 7) is 12.8. The monoisotopic (exact) mass is 940 g/mol. The van der Waals surface area contributed by atoms with Crippen LogP contribution in [0.4, 0.5) is 0 Å². The Morgan fingerprint density at radius 1 is 0.868 bits per heavy atom. The van der Waals surface area contributed by atoms with Crippen molar-refractivity contribution in [2.45, 2.75) is 187 Å². The average molecular weight is 940 g/mol. The van der Waals surface area contributed by atoms with Crippen molar-refractivity contribution in [1.29, 1.82) is 0 Å². The average Bonchev–Trinajstić information content (AvgIpc) is 3.66. The molecule has 2 aromatic rings. The number of nitrogens with two attached hydrogens (primary N) is 1. The lowest BCUT2D eigenvalue weighted by molar-refractivity contribution is -0.199. The maximum absolute atomic E-state index is 14.7. The Labute approximate surface area is 404 Å². The van der Waals surface area contributed by atoms with Gasteiger partial charge in [0.1, 0.15) is 29.1 Å².